The van der Waals surface area contributed by atoms with E-state index in [0.29, 0.717) is 0 Å². The fraction of sp³-hybridized carbons (Fsp3) is 0.750. The molecule has 0 aromatic heterocycles. The van der Waals surface area contributed by atoms with Crippen LogP contribution in [-0.2, 0) is 0 Å². The second-order valence-electron chi connectivity index (χ2n) is 3.72. The van der Waals surface area contributed by atoms with Crippen LogP contribution in [0.1, 0.15) is 59.3 Å². The van der Waals surface area contributed by atoms with Gasteiger partial charge in [-0.25, -0.2) is 0 Å². The molecule has 0 heteroatoms. The zero-order valence-corrected chi connectivity index (χ0v) is 8.95. The van der Waals surface area contributed by atoms with Crippen molar-refractivity contribution >= 4 is 0 Å². The lowest BCUT2D eigenvalue weighted by Gasteiger charge is -2.03. The van der Waals surface area contributed by atoms with Crippen LogP contribution >= 0.6 is 0 Å². The monoisotopic (exact) mass is 167 g/mol. The molecular formula is C12H23. The van der Waals surface area contributed by atoms with E-state index in [1.54, 1.807) is 0 Å². The lowest BCUT2D eigenvalue weighted by Crippen LogP contribution is -1.83. The molecule has 12 heavy (non-hydrogen) atoms. The van der Waals surface area contributed by atoms with Gasteiger partial charge in [0, 0.05) is 0 Å². The standard InChI is InChI=1S/C12H23/c1-5-6-7-8-9-10-12(4)11(2)3/h2,5-10H2,1,3-4H3. The predicted octanol–water partition coefficient (Wildman–Crippen LogP) is 4.52. The molecule has 0 nitrogen and oxygen atoms in total. The van der Waals surface area contributed by atoms with E-state index in [1.165, 1.54) is 49.7 Å². The second-order valence-corrected chi connectivity index (χ2v) is 3.72. The van der Waals surface area contributed by atoms with Gasteiger partial charge >= 0.3 is 0 Å². The molecule has 0 amide bonds. The topological polar surface area (TPSA) is 0 Å². The Morgan fingerprint density at radius 3 is 2.08 bits per heavy atom. The molecule has 0 aromatic carbocycles. The van der Waals surface area contributed by atoms with Crippen LogP contribution in [0.5, 0.6) is 0 Å². The van der Waals surface area contributed by atoms with Crippen molar-refractivity contribution in [2.45, 2.75) is 59.3 Å². The van der Waals surface area contributed by atoms with Crippen molar-refractivity contribution in [2.75, 3.05) is 0 Å². The van der Waals surface area contributed by atoms with Crippen LogP contribution in [0.3, 0.4) is 0 Å². The molecule has 0 aliphatic carbocycles. The average molecular weight is 167 g/mol. The van der Waals surface area contributed by atoms with Gasteiger partial charge in [0.2, 0.25) is 0 Å². The van der Waals surface area contributed by atoms with E-state index in [2.05, 4.69) is 27.7 Å². The Morgan fingerprint density at radius 2 is 1.58 bits per heavy atom. The molecular weight excluding hydrogens is 144 g/mol. The molecule has 0 fully saturated rings. The van der Waals surface area contributed by atoms with Crippen molar-refractivity contribution in [1.29, 1.82) is 0 Å². The Bertz CT molecular complexity index is 127. The van der Waals surface area contributed by atoms with Crippen LogP contribution in [0.25, 0.3) is 0 Å². The van der Waals surface area contributed by atoms with Crippen molar-refractivity contribution < 1.29 is 0 Å². The fourth-order valence-corrected chi connectivity index (χ4v) is 1.21. The highest BCUT2D eigenvalue weighted by Crippen LogP contribution is 2.13. The zero-order chi connectivity index (χ0) is 9.40. The van der Waals surface area contributed by atoms with E-state index < -0.39 is 0 Å². The van der Waals surface area contributed by atoms with Crippen LogP contribution in [0, 0.1) is 6.92 Å². The van der Waals surface area contributed by atoms with E-state index in [0.717, 1.165) is 0 Å². The van der Waals surface area contributed by atoms with Crippen LogP contribution in [-0.4, -0.2) is 0 Å². The van der Waals surface area contributed by atoms with Crippen molar-refractivity contribution in [3.8, 4) is 0 Å². The normalized spacial score (nSPS) is 13.0. The van der Waals surface area contributed by atoms with Crippen LogP contribution in [0.15, 0.2) is 11.1 Å². The summed E-state index contributed by atoms with van der Waals surface area (Å²) in [6, 6.07) is 0. The average Bonchev–Trinajstić information content (AvgIpc) is 2.03. The second kappa shape index (κ2) is 7.39. The predicted molar refractivity (Wildman–Crippen MR) is 57.1 cm³/mol. The summed E-state index contributed by atoms with van der Waals surface area (Å²) >= 11 is 0. The van der Waals surface area contributed by atoms with Gasteiger partial charge in [0.1, 0.15) is 0 Å². The molecule has 0 N–H and O–H groups in total. The molecule has 0 saturated carbocycles. The summed E-state index contributed by atoms with van der Waals surface area (Å²) < 4.78 is 0. The minimum Gasteiger partial charge on any atom is -0.0744 e. The van der Waals surface area contributed by atoms with Crippen molar-refractivity contribution in [2.24, 2.45) is 0 Å². The summed E-state index contributed by atoms with van der Waals surface area (Å²) in [5.41, 5.74) is 2.73. The molecule has 0 unspecified atom stereocenters. The minimum atomic E-state index is 1.25. The summed E-state index contributed by atoms with van der Waals surface area (Å²) in [5, 5.41) is 0. The Balaban J connectivity index is 3.26. The third kappa shape index (κ3) is 6.45. The summed E-state index contributed by atoms with van der Waals surface area (Å²) in [4.78, 5) is 0. The molecule has 0 bridgehead atoms. The molecule has 0 aliphatic rings. The number of rotatable bonds is 6. The van der Waals surface area contributed by atoms with Gasteiger partial charge < -0.3 is 0 Å². The molecule has 1 radical (unpaired) electrons. The minimum absolute atomic E-state index is 1.25. The lowest BCUT2D eigenvalue weighted by atomic mass is 10.0. The van der Waals surface area contributed by atoms with Gasteiger partial charge in [-0.05, 0) is 33.6 Å². The van der Waals surface area contributed by atoms with Gasteiger partial charge in [0.15, 0.2) is 0 Å². The molecule has 0 aromatic rings. The summed E-state index contributed by atoms with van der Waals surface area (Å²) in [7, 11) is 0. The summed E-state index contributed by atoms with van der Waals surface area (Å²) in [5.74, 6) is 0. The first-order valence-corrected chi connectivity index (χ1v) is 5.16. The maximum absolute atomic E-state index is 3.93. The number of allylic oxidation sites excluding steroid dienone is 2. The van der Waals surface area contributed by atoms with Gasteiger partial charge in [-0.1, -0.05) is 43.8 Å². The van der Waals surface area contributed by atoms with Crippen LogP contribution in [0.4, 0.5) is 0 Å². The molecule has 0 atom stereocenters. The highest BCUT2D eigenvalue weighted by Gasteiger charge is 1.93. The highest BCUT2D eigenvalue weighted by atomic mass is 14.0. The van der Waals surface area contributed by atoms with Crippen LogP contribution in [0.2, 0.25) is 0 Å². The van der Waals surface area contributed by atoms with Gasteiger partial charge in [-0.15, -0.1) is 0 Å². The zero-order valence-electron chi connectivity index (χ0n) is 8.95. The Kier molecular flexibility index (Phi) is 7.23. The third-order valence-corrected chi connectivity index (χ3v) is 2.38. The quantitative estimate of drug-likeness (QED) is 0.510. The van der Waals surface area contributed by atoms with Gasteiger partial charge in [0.25, 0.3) is 0 Å². The summed E-state index contributed by atoms with van der Waals surface area (Å²) in [6.45, 7) is 10.5. The Labute approximate surface area is 78.1 Å². The van der Waals surface area contributed by atoms with E-state index >= 15 is 0 Å². The molecule has 0 saturated heterocycles. The van der Waals surface area contributed by atoms with Crippen LogP contribution < -0.4 is 0 Å². The van der Waals surface area contributed by atoms with Gasteiger partial charge in [-0.2, -0.15) is 0 Å². The van der Waals surface area contributed by atoms with E-state index in [4.69, 9.17) is 0 Å². The van der Waals surface area contributed by atoms with Crippen molar-refractivity contribution in [3.63, 3.8) is 0 Å². The third-order valence-electron chi connectivity index (χ3n) is 2.38. The molecule has 71 valence electrons. The fourth-order valence-electron chi connectivity index (χ4n) is 1.21. The first-order chi connectivity index (χ1) is 5.68. The van der Waals surface area contributed by atoms with E-state index in [1.807, 2.05) is 0 Å². The maximum atomic E-state index is 3.93. The van der Waals surface area contributed by atoms with E-state index in [9.17, 15) is 0 Å². The van der Waals surface area contributed by atoms with E-state index in [-0.39, 0.29) is 0 Å². The molecule has 0 spiro atoms. The summed E-state index contributed by atoms with van der Waals surface area (Å²) in [6.07, 6.45) is 8.12. The Hall–Kier alpha value is -0.260. The molecule has 0 aliphatic heterocycles. The number of hydrogen-bond acceptors (Lipinski definition) is 0. The SMILES string of the molecule is [CH2]C(C)=C(C)CCCCCCC. The number of unbranched alkanes of at least 4 members (excludes halogenated alkanes) is 4. The molecule has 0 heterocycles. The number of hydrogen-bond donors (Lipinski definition) is 0. The Morgan fingerprint density at radius 1 is 1.00 bits per heavy atom. The smallest absolute Gasteiger partial charge is 0.0283 e. The first-order valence-electron chi connectivity index (χ1n) is 5.16. The first kappa shape index (κ1) is 11.7. The highest BCUT2D eigenvalue weighted by molar-refractivity contribution is 5.11. The van der Waals surface area contributed by atoms with Crippen molar-refractivity contribution in [3.05, 3.63) is 18.1 Å². The molecule has 0 rings (SSSR count). The lowest BCUT2D eigenvalue weighted by molar-refractivity contribution is 0.629. The largest absolute Gasteiger partial charge is 0.0744 e. The van der Waals surface area contributed by atoms with Gasteiger partial charge in [-0.3, -0.25) is 0 Å². The maximum Gasteiger partial charge on any atom is -0.0283 e. The van der Waals surface area contributed by atoms with Crippen molar-refractivity contribution in [1.82, 2.24) is 0 Å². The van der Waals surface area contributed by atoms with Gasteiger partial charge in [0.05, 0.1) is 0 Å².